The van der Waals surface area contributed by atoms with Crippen LogP contribution in [-0.2, 0) is 0 Å². The largest absolute Gasteiger partial charge is 0.256 e. The average molecular weight is 687 g/mol. The van der Waals surface area contributed by atoms with Crippen molar-refractivity contribution in [3.8, 4) is 67.0 Å². The van der Waals surface area contributed by atoms with E-state index in [-0.39, 0.29) is 0 Å². The molecule has 0 unspecified atom stereocenters. The van der Waals surface area contributed by atoms with Gasteiger partial charge in [0.05, 0.1) is 11.4 Å². The molecule has 0 bridgehead atoms. The highest BCUT2D eigenvalue weighted by Gasteiger charge is 2.26. The van der Waals surface area contributed by atoms with Crippen molar-refractivity contribution in [3.63, 3.8) is 0 Å². The number of nitrogens with zero attached hydrogens (tertiary/aromatic N) is 2. The van der Waals surface area contributed by atoms with Crippen molar-refractivity contribution >= 4 is 32.3 Å². The first kappa shape index (κ1) is 31.6. The van der Waals surface area contributed by atoms with E-state index >= 15 is 0 Å². The third-order valence-electron chi connectivity index (χ3n) is 10.6. The first-order chi connectivity index (χ1) is 26.8. The Morgan fingerprint density at radius 3 is 1.41 bits per heavy atom. The molecule has 0 spiro atoms. The zero-order chi connectivity index (χ0) is 35.8. The highest BCUT2D eigenvalue weighted by molar-refractivity contribution is 6.30. The van der Waals surface area contributed by atoms with Crippen LogP contribution in [0.2, 0.25) is 0 Å². The van der Waals surface area contributed by atoms with Gasteiger partial charge in [-0.05, 0) is 89.5 Å². The first-order valence-corrected chi connectivity index (χ1v) is 18.4. The molecule has 2 heterocycles. The van der Waals surface area contributed by atoms with Gasteiger partial charge in [0.15, 0.2) is 0 Å². The third-order valence-corrected chi connectivity index (χ3v) is 10.6. The molecular weight excluding hydrogens is 653 g/mol. The van der Waals surface area contributed by atoms with Crippen molar-refractivity contribution in [2.24, 2.45) is 0 Å². The van der Waals surface area contributed by atoms with Gasteiger partial charge in [0.25, 0.3) is 0 Å². The van der Waals surface area contributed by atoms with Gasteiger partial charge in [-0.25, -0.2) is 0 Å². The highest BCUT2D eigenvalue weighted by atomic mass is 14.7. The zero-order valence-electron chi connectivity index (χ0n) is 29.5. The summed E-state index contributed by atoms with van der Waals surface area (Å²) in [6.45, 7) is 0. The molecule has 2 heteroatoms. The normalized spacial score (nSPS) is 11.3. The summed E-state index contributed by atoms with van der Waals surface area (Å²) in [5.41, 5.74) is 13.0. The van der Waals surface area contributed by atoms with Crippen molar-refractivity contribution in [1.29, 1.82) is 0 Å². The SMILES string of the molecule is c1ccc(-c2ccnc(-c3c(-c4ccccn4)cccc3-c3c(-c4ccccc4)ccc4c5ccccc5c5ccccc5c34)c2-c2ccccc2)cc1. The lowest BCUT2D eigenvalue weighted by molar-refractivity contribution is 1.30. The minimum absolute atomic E-state index is 0.900. The van der Waals surface area contributed by atoms with Gasteiger partial charge in [-0.15, -0.1) is 0 Å². The van der Waals surface area contributed by atoms with Crippen LogP contribution in [0.5, 0.6) is 0 Å². The number of aromatic nitrogens is 2. The third kappa shape index (κ3) is 5.27. The zero-order valence-corrected chi connectivity index (χ0v) is 29.5. The minimum atomic E-state index is 0.900. The second-order valence-electron chi connectivity index (χ2n) is 13.6. The summed E-state index contributed by atoms with van der Waals surface area (Å²) in [5, 5.41) is 7.41. The van der Waals surface area contributed by atoms with Gasteiger partial charge in [-0.3, -0.25) is 9.97 Å². The topological polar surface area (TPSA) is 25.8 Å². The van der Waals surface area contributed by atoms with Gasteiger partial charge in [0.2, 0.25) is 0 Å². The predicted octanol–water partition coefficient (Wildman–Crippen LogP) is 13.9. The molecule has 0 saturated heterocycles. The molecule has 0 aliphatic carbocycles. The maximum Gasteiger partial charge on any atom is 0.0799 e. The van der Waals surface area contributed by atoms with Crippen LogP contribution >= 0.6 is 0 Å². The lowest BCUT2D eigenvalue weighted by Crippen LogP contribution is -2.00. The van der Waals surface area contributed by atoms with Gasteiger partial charge in [-0.1, -0.05) is 176 Å². The van der Waals surface area contributed by atoms with Crippen molar-refractivity contribution < 1.29 is 0 Å². The van der Waals surface area contributed by atoms with E-state index in [1.54, 1.807) is 0 Å². The molecule has 0 N–H and O–H groups in total. The fourth-order valence-corrected chi connectivity index (χ4v) is 8.29. The molecular formula is C52H34N2. The molecule has 10 rings (SSSR count). The van der Waals surface area contributed by atoms with Crippen LogP contribution in [0.15, 0.2) is 207 Å². The Labute approximate surface area is 314 Å². The smallest absolute Gasteiger partial charge is 0.0799 e. The second-order valence-corrected chi connectivity index (χ2v) is 13.6. The summed E-state index contributed by atoms with van der Waals surface area (Å²) in [6.07, 6.45) is 3.85. The molecule has 54 heavy (non-hydrogen) atoms. The molecule has 0 amide bonds. The Hall–Kier alpha value is -7.16. The summed E-state index contributed by atoms with van der Waals surface area (Å²) in [4.78, 5) is 10.3. The van der Waals surface area contributed by atoms with E-state index in [1.807, 2.05) is 18.5 Å². The van der Waals surface area contributed by atoms with Gasteiger partial charge in [0, 0.05) is 29.1 Å². The lowest BCUT2D eigenvalue weighted by Gasteiger charge is -2.23. The quantitative estimate of drug-likeness (QED) is 0.163. The molecule has 0 aliphatic heterocycles. The van der Waals surface area contributed by atoms with Gasteiger partial charge >= 0.3 is 0 Å². The Balaban J connectivity index is 1.43. The van der Waals surface area contributed by atoms with Crippen LogP contribution in [0.1, 0.15) is 0 Å². The predicted molar refractivity (Wildman–Crippen MR) is 227 cm³/mol. The van der Waals surface area contributed by atoms with Crippen LogP contribution < -0.4 is 0 Å². The first-order valence-electron chi connectivity index (χ1n) is 18.4. The average Bonchev–Trinajstić information content (AvgIpc) is 3.26. The summed E-state index contributed by atoms with van der Waals surface area (Å²) in [5.74, 6) is 0. The maximum atomic E-state index is 5.35. The van der Waals surface area contributed by atoms with E-state index in [4.69, 9.17) is 9.97 Å². The van der Waals surface area contributed by atoms with Crippen molar-refractivity contribution in [3.05, 3.63) is 207 Å². The summed E-state index contributed by atoms with van der Waals surface area (Å²) >= 11 is 0. The number of fused-ring (bicyclic) bond motifs is 6. The molecule has 0 aliphatic rings. The molecule has 0 fully saturated rings. The lowest BCUT2D eigenvalue weighted by atomic mass is 9.80. The fourth-order valence-electron chi connectivity index (χ4n) is 8.29. The van der Waals surface area contributed by atoms with Gasteiger partial charge in [0.1, 0.15) is 0 Å². The minimum Gasteiger partial charge on any atom is -0.256 e. The number of pyridine rings is 2. The van der Waals surface area contributed by atoms with Crippen LogP contribution in [0.4, 0.5) is 0 Å². The van der Waals surface area contributed by atoms with E-state index in [0.29, 0.717) is 0 Å². The molecule has 0 radical (unpaired) electrons. The maximum absolute atomic E-state index is 5.35. The second kappa shape index (κ2) is 13.4. The summed E-state index contributed by atoms with van der Waals surface area (Å²) < 4.78 is 0. The van der Waals surface area contributed by atoms with E-state index in [1.165, 1.54) is 43.4 Å². The molecule has 252 valence electrons. The standard InChI is InChI=1S/C52H34N2/c1-4-17-35(18-5-1)38-30-31-44-42-25-11-10-23-40(42)41-24-12-13-26-43(41)50(44)49(38)46-28-16-27-45(47-29-14-15-33-53-47)51(46)52-48(37-21-8-3-9-22-37)39(32-34-54-52)36-19-6-2-7-20-36/h1-34H. The molecule has 0 atom stereocenters. The number of hydrogen-bond donors (Lipinski definition) is 0. The van der Waals surface area contributed by atoms with E-state index in [2.05, 4.69) is 188 Å². The Morgan fingerprint density at radius 1 is 0.259 bits per heavy atom. The van der Waals surface area contributed by atoms with E-state index in [0.717, 1.165) is 55.9 Å². The van der Waals surface area contributed by atoms with Crippen LogP contribution in [0, 0.1) is 0 Å². The molecule has 0 saturated carbocycles. The Morgan fingerprint density at radius 2 is 0.778 bits per heavy atom. The molecule has 2 nitrogen and oxygen atoms in total. The highest BCUT2D eigenvalue weighted by Crippen LogP contribution is 2.51. The summed E-state index contributed by atoms with van der Waals surface area (Å²) in [7, 11) is 0. The van der Waals surface area contributed by atoms with Gasteiger partial charge < -0.3 is 0 Å². The van der Waals surface area contributed by atoms with Gasteiger partial charge in [-0.2, -0.15) is 0 Å². The van der Waals surface area contributed by atoms with E-state index < -0.39 is 0 Å². The van der Waals surface area contributed by atoms with Crippen molar-refractivity contribution in [1.82, 2.24) is 9.97 Å². The van der Waals surface area contributed by atoms with Crippen LogP contribution in [0.25, 0.3) is 99.3 Å². The number of rotatable bonds is 6. The van der Waals surface area contributed by atoms with Crippen molar-refractivity contribution in [2.75, 3.05) is 0 Å². The van der Waals surface area contributed by atoms with Crippen molar-refractivity contribution in [2.45, 2.75) is 0 Å². The number of hydrogen-bond acceptors (Lipinski definition) is 2. The molecule has 10 aromatic rings. The molecule has 2 aromatic heterocycles. The monoisotopic (exact) mass is 686 g/mol. The fraction of sp³-hybridized carbons (Fsp3) is 0. The van der Waals surface area contributed by atoms with Crippen LogP contribution in [-0.4, -0.2) is 9.97 Å². The number of benzene rings is 8. The van der Waals surface area contributed by atoms with E-state index in [9.17, 15) is 0 Å². The Bertz CT molecular complexity index is 2920. The molecule has 8 aromatic carbocycles. The van der Waals surface area contributed by atoms with Crippen LogP contribution in [0.3, 0.4) is 0 Å². The summed E-state index contributed by atoms with van der Waals surface area (Å²) in [6, 6.07) is 69.4. The Kier molecular flexibility index (Phi) is 7.85.